The van der Waals surface area contributed by atoms with Gasteiger partial charge in [-0.15, -0.1) is 10.2 Å². The second-order valence-corrected chi connectivity index (χ2v) is 5.71. The van der Waals surface area contributed by atoms with Crippen LogP contribution in [0.1, 0.15) is 17.4 Å². The number of carbonyl (C=O) groups is 1. The number of fused-ring (bicyclic) bond motifs is 1. The molecular weight excluding hydrogens is 326 g/mol. The zero-order valence-electron chi connectivity index (χ0n) is 14.0. The van der Waals surface area contributed by atoms with E-state index in [2.05, 4.69) is 15.5 Å². The van der Waals surface area contributed by atoms with E-state index in [0.717, 1.165) is 11.4 Å². The summed E-state index contributed by atoms with van der Waals surface area (Å²) in [6.45, 7) is 2.54. The molecule has 2 heterocycles. The van der Waals surface area contributed by atoms with Crippen molar-refractivity contribution in [2.75, 3.05) is 25.1 Å². The van der Waals surface area contributed by atoms with Crippen LogP contribution in [0.2, 0.25) is 0 Å². The summed E-state index contributed by atoms with van der Waals surface area (Å²) < 4.78 is 6.56. The molecule has 132 valence electrons. The molecule has 25 heavy (non-hydrogen) atoms. The van der Waals surface area contributed by atoms with Crippen LogP contribution in [0.25, 0.3) is 0 Å². The second kappa shape index (κ2) is 6.89. The Bertz CT molecular complexity index is 831. The van der Waals surface area contributed by atoms with Crippen LogP contribution < -0.4 is 20.5 Å². The molecule has 1 atom stereocenters. The van der Waals surface area contributed by atoms with Crippen molar-refractivity contribution in [1.82, 2.24) is 20.1 Å². The highest BCUT2D eigenvalue weighted by Gasteiger charge is 2.27. The van der Waals surface area contributed by atoms with Gasteiger partial charge in [-0.25, -0.2) is 0 Å². The van der Waals surface area contributed by atoms with Gasteiger partial charge in [0.15, 0.2) is 0 Å². The van der Waals surface area contributed by atoms with Crippen LogP contribution in [0.4, 0.5) is 11.6 Å². The first-order chi connectivity index (χ1) is 12.0. The lowest BCUT2D eigenvalue weighted by atomic mass is 10.3. The molecule has 2 N–H and O–H groups in total. The number of aliphatic hydroxyl groups excluding tert-OH is 1. The number of amides is 1. The number of aromatic nitrogens is 3. The van der Waals surface area contributed by atoms with Gasteiger partial charge in [-0.3, -0.25) is 14.2 Å². The smallest absolute Gasteiger partial charge is 0.286 e. The summed E-state index contributed by atoms with van der Waals surface area (Å²) in [4.78, 5) is 26.4. The van der Waals surface area contributed by atoms with E-state index in [0.29, 0.717) is 19.0 Å². The molecule has 0 saturated carbocycles. The van der Waals surface area contributed by atoms with Crippen molar-refractivity contribution in [1.29, 1.82) is 0 Å². The van der Waals surface area contributed by atoms with Crippen molar-refractivity contribution in [2.45, 2.75) is 19.6 Å². The third-order valence-corrected chi connectivity index (χ3v) is 3.87. The van der Waals surface area contributed by atoms with Gasteiger partial charge in [0.25, 0.3) is 11.5 Å². The summed E-state index contributed by atoms with van der Waals surface area (Å²) in [6, 6.07) is 7.37. The maximum atomic E-state index is 12.5. The highest BCUT2D eigenvalue weighted by atomic mass is 16.5. The molecule has 9 nitrogen and oxygen atoms in total. The minimum Gasteiger partial charge on any atom is -0.497 e. The molecule has 3 rings (SSSR count). The Balaban J connectivity index is 1.87. The molecule has 1 aromatic carbocycles. The zero-order chi connectivity index (χ0) is 18.0. The summed E-state index contributed by atoms with van der Waals surface area (Å²) in [5, 5.41) is 19.5. The van der Waals surface area contributed by atoms with Gasteiger partial charge < -0.3 is 20.1 Å². The summed E-state index contributed by atoms with van der Waals surface area (Å²) in [6.07, 6.45) is -0.709. The topological polar surface area (TPSA) is 110 Å². The van der Waals surface area contributed by atoms with Crippen LogP contribution in [0.15, 0.2) is 29.1 Å². The van der Waals surface area contributed by atoms with E-state index >= 15 is 0 Å². The Labute approximate surface area is 143 Å². The number of rotatable bonds is 5. The van der Waals surface area contributed by atoms with Gasteiger partial charge >= 0.3 is 0 Å². The maximum absolute atomic E-state index is 12.5. The fourth-order valence-electron chi connectivity index (χ4n) is 2.58. The molecule has 0 aliphatic carbocycles. The van der Waals surface area contributed by atoms with E-state index in [1.807, 2.05) is 29.2 Å². The fourth-order valence-corrected chi connectivity index (χ4v) is 2.58. The third-order valence-electron chi connectivity index (χ3n) is 3.87. The third kappa shape index (κ3) is 3.31. The number of anilines is 2. The Hall–Kier alpha value is -2.94. The van der Waals surface area contributed by atoms with Crippen molar-refractivity contribution in [3.63, 3.8) is 0 Å². The predicted octanol–water partition coefficient (Wildman–Crippen LogP) is -0.0908. The van der Waals surface area contributed by atoms with E-state index in [4.69, 9.17) is 4.74 Å². The summed E-state index contributed by atoms with van der Waals surface area (Å²) in [7, 11) is 1.59. The first kappa shape index (κ1) is 16.9. The number of benzene rings is 1. The average Bonchev–Trinajstić information content (AvgIpc) is 3.05. The molecular formula is C16H19N5O4. The van der Waals surface area contributed by atoms with Crippen LogP contribution in [-0.4, -0.2) is 52.1 Å². The van der Waals surface area contributed by atoms with E-state index < -0.39 is 17.6 Å². The molecule has 0 saturated heterocycles. The summed E-state index contributed by atoms with van der Waals surface area (Å²) >= 11 is 0. The second-order valence-electron chi connectivity index (χ2n) is 5.71. The quantitative estimate of drug-likeness (QED) is 0.779. The Morgan fingerprint density at radius 1 is 1.32 bits per heavy atom. The van der Waals surface area contributed by atoms with Gasteiger partial charge in [-0.05, 0) is 31.2 Å². The largest absolute Gasteiger partial charge is 0.497 e. The highest BCUT2D eigenvalue weighted by Crippen LogP contribution is 2.27. The number of hydrogen-bond acceptors (Lipinski definition) is 7. The number of hydrogen-bond donors (Lipinski definition) is 2. The monoisotopic (exact) mass is 345 g/mol. The average molecular weight is 345 g/mol. The Morgan fingerprint density at radius 3 is 2.68 bits per heavy atom. The van der Waals surface area contributed by atoms with Crippen LogP contribution in [0, 0.1) is 0 Å². The van der Waals surface area contributed by atoms with E-state index in [1.165, 1.54) is 11.5 Å². The SMILES string of the molecule is COc1ccc(N2CCn3c2nnc(C(=O)NCC(C)O)c3=O)cc1. The van der Waals surface area contributed by atoms with Crippen LogP contribution in [0.5, 0.6) is 5.75 Å². The molecule has 1 unspecified atom stereocenters. The van der Waals surface area contributed by atoms with Gasteiger partial charge in [-0.1, -0.05) is 0 Å². The molecule has 1 aliphatic rings. The molecule has 1 aromatic heterocycles. The lowest BCUT2D eigenvalue weighted by Gasteiger charge is -2.17. The number of ether oxygens (including phenoxy) is 1. The molecule has 1 amide bonds. The highest BCUT2D eigenvalue weighted by molar-refractivity contribution is 5.91. The van der Waals surface area contributed by atoms with Crippen molar-refractivity contribution < 1.29 is 14.6 Å². The minimum absolute atomic E-state index is 0.0413. The van der Waals surface area contributed by atoms with E-state index in [1.54, 1.807) is 7.11 Å². The molecule has 2 aromatic rings. The lowest BCUT2D eigenvalue weighted by molar-refractivity contribution is 0.0915. The van der Waals surface area contributed by atoms with Crippen molar-refractivity contribution in [3.8, 4) is 5.75 Å². The maximum Gasteiger partial charge on any atom is 0.286 e. The van der Waals surface area contributed by atoms with Gasteiger partial charge in [0.05, 0.1) is 13.2 Å². The van der Waals surface area contributed by atoms with Crippen molar-refractivity contribution >= 4 is 17.5 Å². The number of methoxy groups -OCH3 is 1. The number of nitrogens with zero attached hydrogens (tertiary/aromatic N) is 4. The Kier molecular flexibility index (Phi) is 4.66. The lowest BCUT2D eigenvalue weighted by Crippen LogP contribution is -2.37. The van der Waals surface area contributed by atoms with Crippen LogP contribution in [-0.2, 0) is 6.54 Å². The van der Waals surface area contributed by atoms with E-state index in [9.17, 15) is 14.7 Å². The van der Waals surface area contributed by atoms with Gasteiger partial charge in [0, 0.05) is 25.3 Å². The minimum atomic E-state index is -0.709. The summed E-state index contributed by atoms with van der Waals surface area (Å²) in [5.74, 6) is 0.482. The molecule has 9 heteroatoms. The standard InChI is InChI=1S/C16H19N5O4/c1-10(22)9-17-14(23)13-15(24)21-8-7-20(16(21)19-18-13)11-3-5-12(25-2)6-4-11/h3-6,10,22H,7-9H2,1-2H3,(H,17,23). The van der Waals surface area contributed by atoms with Gasteiger partial charge in [-0.2, -0.15) is 0 Å². The number of nitrogens with one attached hydrogen (secondary N) is 1. The van der Waals surface area contributed by atoms with Crippen LogP contribution in [0.3, 0.4) is 0 Å². The first-order valence-electron chi connectivity index (χ1n) is 7.86. The van der Waals surface area contributed by atoms with Gasteiger partial charge in [0.1, 0.15) is 5.75 Å². The first-order valence-corrected chi connectivity index (χ1v) is 7.86. The fraction of sp³-hybridized carbons (Fsp3) is 0.375. The van der Waals surface area contributed by atoms with E-state index in [-0.39, 0.29) is 12.2 Å². The molecule has 0 spiro atoms. The predicted molar refractivity (Wildman–Crippen MR) is 90.3 cm³/mol. The normalized spacial score (nSPS) is 14.1. The van der Waals surface area contributed by atoms with Gasteiger partial charge in [0.2, 0.25) is 11.6 Å². The summed E-state index contributed by atoms with van der Waals surface area (Å²) in [5.41, 5.74) is 0.0807. The number of aliphatic hydroxyl groups is 1. The number of carbonyl (C=O) groups excluding carboxylic acids is 1. The molecule has 1 aliphatic heterocycles. The zero-order valence-corrected chi connectivity index (χ0v) is 14.0. The van der Waals surface area contributed by atoms with Crippen molar-refractivity contribution in [2.24, 2.45) is 0 Å². The molecule has 0 radical (unpaired) electrons. The Morgan fingerprint density at radius 2 is 2.04 bits per heavy atom. The molecule has 0 fully saturated rings. The van der Waals surface area contributed by atoms with Crippen LogP contribution >= 0.6 is 0 Å². The molecule has 0 bridgehead atoms. The van der Waals surface area contributed by atoms with Crippen molar-refractivity contribution in [3.05, 3.63) is 40.3 Å².